The number of hydrogen-bond acceptors (Lipinski definition) is 4. The van der Waals surface area contributed by atoms with E-state index < -0.39 is 0 Å². The topological polar surface area (TPSA) is 53.7 Å². The normalized spacial score (nSPS) is 11.6. The van der Waals surface area contributed by atoms with E-state index in [4.69, 9.17) is 4.42 Å². The highest BCUT2D eigenvalue weighted by Crippen LogP contribution is 2.31. The van der Waals surface area contributed by atoms with Crippen LogP contribution in [0.5, 0.6) is 5.75 Å². The zero-order valence-electron chi connectivity index (χ0n) is 13.5. The second-order valence-electron chi connectivity index (χ2n) is 5.97. The minimum Gasteiger partial charge on any atom is -0.507 e. The Labute approximate surface area is 135 Å². The van der Waals surface area contributed by atoms with Crippen LogP contribution < -0.4 is 5.63 Å². The molecule has 120 valence electrons. The number of benzene rings is 2. The number of phenols is 1. The minimum absolute atomic E-state index is 0.166. The average molecular weight is 311 g/mol. The van der Waals surface area contributed by atoms with Crippen LogP contribution in [0, 0.1) is 0 Å². The standard InChI is InChI=1S/C19H21NO3/c1-3-4-11-20(2)12-16-17(21)10-9-14-13-7-5-6-8-15(13)19(22)23-18(14)16/h5-10,21H,3-4,11-12H2,1-2H3. The van der Waals surface area contributed by atoms with Gasteiger partial charge in [-0.15, -0.1) is 0 Å². The van der Waals surface area contributed by atoms with E-state index in [9.17, 15) is 9.90 Å². The zero-order valence-corrected chi connectivity index (χ0v) is 13.5. The lowest BCUT2D eigenvalue weighted by Gasteiger charge is -2.18. The average Bonchev–Trinajstić information content (AvgIpc) is 2.56. The van der Waals surface area contributed by atoms with E-state index in [-0.39, 0.29) is 11.4 Å². The molecule has 23 heavy (non-hydrogen) atoms. The predicted octanol–water partition coefficient (Wildman–Crippen LogP) is 3.88. The Balaban J connectivity index is 2.17. The summed E-state index contributed by atoms with van der Waals surface area (Å²) >= 11 is 0. The van der Waals surface area contributed by atoms with Crippen molar-refractivity contribution in [2.45, 2.75) is 26.3 Å². The van der Waals surface area contributed by atoms with Crippen molar-refractivity contribution in [3.63, 3.8) is 0 Å². The third-order valence-corrected chi connectivity index (χ3v) is 4.19. The summed E-state index contributed by atoms with van der Waals surface area (Å²) in [6.45, 7) is 3.63. The number of aromatic hydroxyl groups is 1. The van der Waals surface area contributed by atoms with E-state index in [0.717, 1.165) is 30.2 Å². The molecule has 3 rings (SSSR count). The quantitative estimate of drug-likeness (QED) is 0.574. The molecule has 0 atom stereocenters. The first-order valence-corrected chi connectivity index (χ1v) is 7.96. The first-order valence-electron chi connectivity index (χ1n) is 7.96. The Morgan fingerprint density at radius 1 is 1.09 bits per heavy atom. The molecule has 0 saturated heterocycles. The Bertz CT molecular complexity index is 898. The molecule has 0 amide bonds. The maximum absolute atomic E-state index is 12.3. The highest BCUT2D eigenvalue weighted by atomic mass is 16.4. The molecule has 1 N–H and O–H groups in total. The molecule has 0 aliphatic carbocycles. The van der Waals surface area contributed by atoms with Crippen LogP contribution in [-0.4, -0.2) is 23.6 Å². The molecular formula is C19H21NO3. The van der Waals surface area contributed by atoms with Crippen LogP contribution in [0.1, 0.15) is 25.3 Å². The molecule has 0 spiro atoms. The van der Waals surface area contributed by atoms with Crippen LogP contribution in [0.2, 0.25) is 0 Å². The van der Waals surface area contributed by atoms with Crippen molar-refractivity contribution in [3.05, 3.63) is 52.4 Å². The summed E-state index contributed by atoms with van der Waals surface area (Å²) in [5.41, 5.74) is 0.789. The molecule has 0 unspecified atom stereocenters. The number of unbranched alkanes of at least 4 members (excludes halogenated alkanes) is 1. The van der Waals surface area contributed by atoms with Gasteiger partial charge < -0.3 is 14.4 Å². The summed E-state index contributed by atoms with van der Waals surface area (Å²) in [5.74, 6) is 0.166. The van der Waals surface area contributed by atoms with Gasteiger partial charge in [0, 0.05) is 11.9 Å². The molecule has 0 bridgehead atoms. The fraction of sp³-hybridized carbons (Fsp3) is 0.316. The van der Waals surface area contributed by atoms with Crippen LogP contribution in [0.15, 0.2) is 45.6 Å². The summed E-state index contributed by atoms with van der Waals surface area (Å²) in [7, 11) is 2.01. The van der Waals surface area contributed by atoms with Crippen LogP contribution in [0.25, 0.3) is 21.7 Å². The third kappa shape index (κ3) is 2.94. The van der Waals surface area contributed by atoms with Crippen molar-refractivity contribution in [3.8, 4) is 5.75 Å². The zero-order chi connectivity index (χ0) is 16.4. The summed E-state index contributed by atoms with van der Waals surface area (Å²) in [5, 5.41) is 12.5. The van der Waals surface area contributed by atoms with Crippen molar-refractivity contribution in [1.29, 1.82) is 0 Å². The fourth-order valence-corrected chi connectivity index (χ4v) is 2.92. The Morgan fingerprint density at radius 3 is 2.57 bits per heavy atom. The van der Waals surface area contributed by atoms with Crippen LogP contribution in [-0.2, 0) is 6.54 Å². The highest BCUT2D eigenvalue weighted by Gasteiger charge is 2.15. The van der Waals surface area contributed by atoms with Crippen LogP contribution in [0.3, 0.4) is 0 Å². The number of fused-ring (bicyclic) bond motifs is 3. The Morgan fingerprint density at radius 2 is 1.83 bits per heavy atom. The molecule has 0 saturated carbocycles. The molecular weight excluding hydrogens is 290 g/mol. The van der Waals surface area contributed by atoms with Crippen molar-refractivity contribution in [2.75, 3.05) is 13.6 Å². The Hall–Kier alpha value is -2.33. The van der Waals surface area contributed by atoms with Gasteiger partial charge in [-0.25, -0.2) is 4.79 Å². The van der Waals surface area contributed by atoms with Gasteiger partial charge in [-0.05, 0) is 43.6 Å². The van der Waals surface area contributed by atoms with Crippen LogP contribution in [0.4, 0.5) is 0 Å². The summed E-state index contributed by atoms with van der Waals surface area (Å²) in [6.07, 6.45) is 2.21. The predicted molar refractivity (Wildman–Crippen MR) is 92.9 cm³/mol. The van der Waals surface area contributed by atoms with E-state index in [1.807, 2.05) is 31.3 Å². The van der Waals surface area contributed by atoms with E-state index in [1.54, 1.807) is 12.1 Å². The number of phenolic OH excluding ortho intramolecular Hbond substituents is 1. The highest BCUT2D eigenvalue weighted by molar-refractivity contribution is 6.05. The van der Waals surface area contributed by atoms with Crippen molar-refractivity contribution < 1.29 is 9.52 Å². The molecule has 1 heterocycles. The van der Waals surface area contributed by atoms with Crippen molar-refractivity contribution in [1.82, 2.24) is 4.90 Å². The molecule has 0 aliphatic rings. The molecule has 0 radical (unpaired) electrons. The van der Waals surface area contributed by atoms with Gasteiger partial charge in [-0.3, -0.25) is 0 Å². The maximum atomic E-state index is 12.3. The summed E-state index contributed by atoms with van der Waals surface area (Å²) < 4.78 is 5.55. The monoisotopic (exact) mass is 311 g/mol. The van der Waals surface area contributed by atoms with Gasteiger partial charge >= 0.3 is 5.63 Å². The Kier molecular flexibility index (Phi) is 4.35. The van der Waals surface area contributed by atoms with Gasteiger partial charge in [0.15, 0.2) is 0 Å². The minimum atomic E-state index is -0.365. The molecule has 0 fully saturated rings. The number of rotatable bonds is 5. The molecule has 2 aromatic carbocycles. The SMILES string of the molecule is CCCCN(C)Cc1c(O)ccc2c1oc(=O)c1ccccc12. The lowest BCUT2D eigenvalue weighted by atomic mass is 10.0. The second kappa shape index (κ2) is 6.42. The largest absolute Gasteiger partial charge is 0.507 e. The van der Waals surface area contributed by atoms with Gasteiger partial charge in [-0.2, -0.15) is 0 Å². The summed E-state index contributed by atoms with van der Waals surface area (Å²) in [6, 6.07) is 10.9. The number of hydrogen-bond donors (Lipinski definition) is 1. The molecule has 0 aliphatic heterocycles. The van der Waals surface area contributed by atoms with Crippen molar-refractivity contribution >= 4 is 21.7 Å². The first kappa shape index (κ1) is 15.6. The van der Waals surface area contributed by atoms with Crippen molar-refractivity contribution in [2.24, 2.45) is 0 Å². The van der Waals surface area contributed by atoms with Gasteiger partial charge in [-0.1, -0.05) is 31.5 Å². The van der Waals surface area contributed by atoms with Crippen LogP contribution >= 0.6 is 0 Å². The lowest BCUT2D eigenvalue weighted by molar-refractivity contribution is 0.314. The molecule has 1 aromatic heterocycles. The summed E-state index contributed by atoms with van der Waals surface area (Å²) in [4.78, 5) is 14.4. The maximum Gasteiger partial charge on any atom is 0.344 e. The second-order valence-corrected chi connectivity index (χ2v) is 5.97. The smallest absolute Gasteiger partial charge is 0.344 e. The van der Waals surface area contributed by atoms with Gasteiger partial charge in [0.05, 0.1) is 10.9 Å². The first-order chi connectivity index (χ1) is 11.1. The fourth-order valence-electron chi connectivity index (χ4n) is 2.92. The lowest BCUT2D eigenvalue weighted by Crippen LogP contribution is -2.19. The van der Waals surface area contributed by atoms with E-state index in [1.165, 1.54) is 0 Å². The van der Waals surface area contributed by atoms with Gasteiger partial charge in [0.25, 0.3) is 0 Å². The van der Waals surface area contributed by atoms with E-state index >= 15 is 0 Å². The van der Waals surface area contributed by atoms with E-state index in [2.05, 4.69) is 11.8 Å². The van der Waals surface area contributed by atoms with E-state index in [0.29, 0.717) is 23.1 Å². The van der Waals surface area contributed by atoms with Gasteiger partial charge in [0.2, 0.25) is 0 Å². The number of nitrogens with zero attached hydrogens (tertiary/aromatic N) is 1. The molecule has 4 nitrogen and oxygen atoms in total. The third-order valence-electron chi connectivity index (χ3n) is 4.19. The molecule has 3 aromatic rings. The van der Waals surface area contributed by atoms with Gasteiger partial charge in [0.1, 0.15) is 11.3 Å². The molecule has 4 heteroatoms.